The van der Waals surface area contributed by atoms with Crippen LogP contribution in [0, 0.1) is 0 Å². The molecule has 0 aliphatic carbocycles. The quantitative estimate of drug-likeness (QED) is 0.246. The Balaban J connectivity index is 1.39. The van der Waals surface area contributed by atoms with E-state index in [9.17, 15) is 9.59 Å². The van der Waals surface area contributed by atoms with E-state index in [1.165, 1.54) is 27.4 Å². The zero-order chi connectivity index (χ0) is 28.3. The predicted octanol–water partition coefficient (Wildman–Crippen LogP) is 5.66. The maximum Gasteiger partial charge on any atom is 0.290 e. The number of pyridine rings is 1. The lowest BCUT2D eigenvalue weighted by Crippen LogP contribution is -2.46. The number of piperazine rings is 1. The van der Waals surface area contributed by atoms with E-state index in [1.54, 1.807) is 12.1 Å². The van der Waals surface area contributed by atoms with Crippen molar-refractivity contribution in [2.75, 3.05) is 38.5 Å². The summed E-state index contributed by atoms with van der Waals surface area (Å²) < 4.78 is 3.92. The van der Waals surface area contributed by atoms with Crippen molar-refractivity contribution in [3.8, 4) is 22.5 Å². The molecule has 5 heterocycles. The van der Waals surface area contributed by atoms with Gasteiger partial charge in [0.05, 0.1) is 33.8 Å². The first-order chi connectivity index (χ1) is 19.9. The molecular weight excluding hydrogens is 576 g/mol. The minimum absolute atomic E-state index is 0.109. The number of rotatable bonds is 8. The number of anilines is 1. The molecule has 0 bridgehead atoms. The van der Waals surface area contributed by atoms with E-state index in [0.717, 1.165) is 42.3 Å². The van der Waals surface area contributed by atoms with E-state index in [4.69, 9.17) is 16.7 Å². The second kappa shape index (κ2) is 12.1. The molecule has 0 atom stereocenters. The Labute approximate surface area is 251 Å². The van der Waals surface area contributed by atoms with E-state index < -0.39 is 0 Å². The van der Waals surface area contributed by atoms with Gasteiger partial charge >= 0.3 is 0 Å². The van der Waals surface area contributed by atoms with Crippen LogP contribution in [-0.4, -0.2) is 63.3 Å². The van der Waals surface area contributed by atoms with Crippen molar-refractivity contribution in [2.24, 2.45) is 0 Å². The molecule has 6 rings (SSSR count). The number of halogens is 1. The zero-order valence-electron chi connectivity index (χ0n) is 22.5. The van der Waals surface area contributed by atoms with Gasteiger partial charge < -0.3 is 10.2 Å². The van der Waals surface area contributed by atoms with E-state index in [0.29, 0.717) is 39.5 Å². The van der Waals surface area contributed by atoms with Crippen LogP contribution in [0.2, 0.25) is 4.34 Å². The van der Waals surface area contributed by atoms with Gasteiger partial charge in [-0.2, -0.15) is 9.78 Å². The van der Waals surface area contributed by atoms with Crippen LogP contribution in [0.1, 0.15) is 14.5 Å². The molecule has 1 aliphatic rings. The van der Waals surface area contributed by atoms with Crippen molar-refractivity contribution in [2.45, 2.75) is 13.2 Å². The number of benzene rings is 1. The summed E-state index contributed by atoms with van der Waals surface area (Å²) in [4.78, 5) is 33.3. The second-order valence-electron chi connectivity index (χ2n) is 9.99. The van der Waals surface area contributed by atoms with Crippen LogP contribution in [0.3, 0.4) is 0 Å². The number of likely N-dealkylation sites (N-methyl/N-ethyl adjacent to an activating group) is 1. The summed E-state index contributed by atoms with van der Waals surface area (Å²) in [6, 6.07) is 22.8. The number of carbonyl (C=O) groups is 1. The Morgan fingerprint density at radius 2 is 1.78 bits per heavy atom. The molecular formula is C30H29ClN6O2S2. The van der Waals surface area contributed by atoms with Crippen LogP contribution in [0.4, 0.5) is 5.82 Å². The van der Waals surface area contributed by atoms with Gasteiger partial charge in [-0.1, -0.05) is 48.0 Å². The normalized spacial score (nSPS) is 14.4. The van der Waals surface area contributed by atoms with Gasteiger partial charge in [-0.15, -0.1) is 22.7 Å². The van der Waals surface area contributed by atoms with Gasteiger partial charge in [0, 0.05) is 48.8 Å². The fraction of sp³-hybridized carbons (Fsp3) is 0.233. The SMILES string of the molecule is CN1CCN(Cn2c(-c3ccccc3)cc(-c3cc(NCc4ccc(Cl)s4)n(C(=O)c4cccs4)n3)cc2=O)CC1. The highest BCUT2D eigenvalue weighted by molar-refractivity contribution is 7.16. The van der Waals surface area contributed by atoms with E-state index in [-0.39, 0.29) is 11.5 Å². The van der Waals surface area contributed by atoms with Gasteiger partial charge in [-0.05, 0) is 42.3 Å². The number of aromatic nitrogens is 3. The molecule has 5 aromatic rings. The zero-order valence-corrected chi connectivity index (χ0v) is 24.9. The highest BCUT2D eigenvalue weighted by Crippen LogP contribution is 2.29. The minimum Gasteiger partial charge on any atom is -0.365 e. The summed E-state index contributed by atoms with van der Waals surface area (Å²) in [5, 5.41) is 9.92. The van der Waals surface area contributed by atoms with Crippen molar-refractivity contribution in [1.82, 2.24) is 24.1 Å². The molecule has 0 unspecified atom stereocenters. The molecule has 0 saturated carbocycles. The minimum atomic E-state index is -0.232. The van der Waals surface area contributed by atoms with Gasteiger partial charge in [0.1, 0.15) is 5.82 Å². The lowest BCUT2D eigenvalue weighted by atomic mass is 10.1. The van der Waals surface area contributed by atoms with Crippen molar-refractivity contribution in [3.05, 3.63) is 103 Å². The third kappa shape index (κ3) is 6.22. The standard InChI is InChI=1S/C30H29ClN6O2S2/c1-34-11-13-35(14-12-34)20-36-25(21-6-3-2-4-7-21)16-22(17-29(36)38)24-18-28(32-19-23-9-10-27(31)41-23)37(33-24)30(39)26-8-5-15-40-26/h2-10,15-18,32H,11-14,19-20H2,1H3. The summed E-state index contributed by atoms with van der Waals surface area (Å²) in [5.74, 6) is 0.315. The lowest BCUT2D eigenvalue weighted by Gasteiger charge is -2.33. The maximum atomic E-state index is 13.7. The average molecular weight is 605 g/mol. The summed E-state index contributed by atoms with van der Waals surface area (Å²) in [6.45, 7) is 4.74. The third-order valence-electron chi connectivity index (χ3n) is 7.14. The van der Waals surface area contributed by atoms with Gasteiger partial charge in [-0.25, -0.2) is 0 Å². The first-order valence-corrected chi connectivity index (χ1v) is 15.4. The monoisotopic (exact) mass is 604 g/mol. The van der Waals surface area contributed by atoms with Gasteiger partial charge in [0.2, 0.25) is 0 Å². The molecule has 41 heavy (non-hydrogen) atoms. The Hall–Kier alpha value is -3.54. The van der Waals surface area contributed by atoms with Gasteiger partial charge in [-0.3, -0.25) is 19.1 Å². The summed E-state index contributed by atoms with van der Waals surface area (Å²) in [5.41, 5.74) is 2.85. The number of thiophene rings is 2. The summed E-state index contributed by atoms with van der Waals surface area (Å²) >= 11 is 8.96. The molecule has 0 amide bonds. The van der Waals surface area contributed by atoms with Gasteiger partial charge in [0.15, 0.2) is 0 Å². The van der Waals surface area contributed by atoms with Crippen LogP contribution < -0.4 is 10.9 Å². The molecule has 1 aromatic carbocycles. The van der Waals surface area contributed by atoms with Crippen molar-refractivity contribution in [3.63, 3.8) is 0 Å². The molecule has 8 nitrogen and oxygen atoms in total. The molecule has 1 N–H and O–H groups in total. The van der Waals surface area contributed by atoms with Crippen LogP contribution in [0.5, 0.6) is 0 Å². The maximum absolute atomic E-state index is 13.7. The topological polar surface area (TPSA) is 75.4 Å². The van der Waals surface area contributed by atoms with Gasteiger partial charge in [0.25, 0.3) is 11.5 Å². The molecule has 210 valence electrons. The Kier molecular flexibility index (Phi) is 8.18. The molecule has 0 spiro atoms. The lowest BCUT2D eigenvalue weighted by molar-refractivity contribution is 0.0952. The predicted molar refractivity (Wildman–Crippen MR) is 167 cm³/mol. The molecule has 0 radical (unpaired) electrons. The molecule has 1 aliphatic heterocycles. The smallest absolute Gasteiger partial charge is 0.290 e. The van der Waals surface area contributed by atoms with E-state index in [1.807, 2.05) is 70.6 Å². The van der Waals surface area contributed by atoms with Crippen LogP contribution >= 0.6 is 34.3 Å². The number of hydrogen-bond donors (Lipinski definition) is 1. The average Bonchev–Trinajstić information content (AvgIpc) is 3.76. The van der Waals surface area contributed by atoms with Crippen molar-refractivity contribution in [1.29, 1.82) is 0 Å². The molecule has 1 saturated heterocycles. The number of carbonyl (C=O) groups excluding carboxylic acids is 1. The number of nitrogens with zero attached hydrogens (tertiary/aromatic N) is 5. The van der Waals surface area contributed by atoms with Crippen LogP contribution in [0.25, 0.3) is 22.5 Å². The Morgan fingerprint density at radius 3 is 2.49 bits per heavy atom. The fourth-order valence-corrected chi connectivity index (χ4v) is 6.54. The van der Waals surface area contributed by atoms with Crippen LogP contribution in [-0.2, 0) is 13.2 Å². The molecule has 11 heteroatoms. The molecule has 1 fully saturated rings. The first kappa shape index (κ1) is 27.6. The third-order valence-corrected chi connectivity index (χ3v) is 9.23. The highest BCUT2D eigenvalue weighted by atomic mass is 35.5. The van der Waals surface area contributed by atoms with Crippen molar-refractivity contribution < 1.29 is 4.79 Å². The van der Waals surface area contributed by atoms with Crippen molar-refractivity contribution >= 4 is 46.0 Å². The highest BCUT2D eigenvalue weighted by Gasteiger charge is 2.21. The summed E-state index contributed by atoms with van der Waals surface area (Å²) in [7, 11) is 2.12. The second-order valence-corrected chi connectivity index (χ2v) is 12.7. The Bertz CT molecular complexity index is 1700. The van der Waals surface area contributed by atoms with E-state index >= 15 is 0 Å². The van der Waals surface area contributed by atoms with E-state index in [2.05, 4.69) is 22.2 Å². The first-order valence-electron chi connectivity index (χ1n) is 13.3. The molecule has 4 aromatic heterocycles. The Morgan fingerprint density at radius 1 is 0.976 bits per heavy atom. The summed E-state index contributed by atoms with van der Waals surface area (Å²) in [6.07, 6.45) is 0. The largest absolute Gasteiger partial charge is 0.365 e. The van der Waals surface area contributed by atoms with Crippen LogP contribution in [0.15, 0.2) is 83.0 Å². The fourth-order valence-electron chi connectivity index (χ4n) is 4.86. The number of nitrogens with one attached hydrogen (secondary N) is 1. The number of hydrogen-bond acceptors (Lipinski definition) is 8.